The molecule has 0 radical (unpaired) electrons. The number of anilines is 1. The largest absolute Gasteiger partial charge is 0.354 e. The molecule has 5 heterocycles. The van der Waals surface area contributed by atoms with Crippen LogP contribution in [-0.2, 0) is 0 Å². The van der Waals surface area contributed by atoms with E-state index in [9.17, 15) is 0 Å². The monoisotopic (exact) mass is 362 g/mol. The van der Waals surface area contributed by atoms with Gasteiger partial charge in [-0.3, -0.25) is 4.40 Å². The SMILES string of the molecule is CN1CCC(CNc2ncc3c(-c4cnc5nccn5c4)c[nH]c3n2)CC1. The Balaban J connectivity index is 1.36. The van der Waals surface area contributed by atoms with Crippen molar-refractivity contribution in [1.82, 2.24) is 34.2 Å². The van der Waals surface area contributed by atoms with E-state index in [1.165, 1.54) is 25.9 Å². The summed E-state index contributed by atoms with van der Waals surface area (Å²) in [5, 5.41) is 4.39. The molecular weight excluding hydrogens is 340 g/mol. The van der Waals surface area contributed by atoms with Crippen LogP contribution in [0.1, 0.15) is 12.8 Å². The zero-order chi connectivity index (χ0) is 18.2. The molecule has 5 rings (SSSR count). The van der Waals surface area contributed by atoms with Crippen LogP contribution in [0.25, 0.3) is 27.9 Å². The van der Waals surface area contributed by atoms with Crippen LogP contribution >= 0.6 is 0 Å². The van der Waals surface area contributed by atoms with Gasteiger partial charge in [0.05, 0.1) is 0 Å². The number of hydrogen-bond acceptors (Lipinski definition) is 6. The van der Waals surface area contributed by atoms with Crippen molar-refractivity contribution in [3.63, 3.8) is 0 Å². The highest BCUT2D eigenvalue weighted by atomic mass is 15.1. The van der Waals surface area contributed by atoms with E-state index in [1.54, 1.807) is 6.20 Å². The highest BCUT2D eigenvalue weighted by Crippen LogP contribution is 2.27. The van der Waals surface area contributed by atoms with Crippen molar-refractivity contribution in [2.24, 2.45) is 5.92 Å². The van der Waals surface area contributed by atoms with Gasteiger partial charge in [0.1, 0.15) is 5.65 Å². The fourth-order valence-electron chi connectivity index (χ4n) is 3.69. The maximum atomic E-state index is 4.65. The minimum absolute atomic E-state index is 0.679. The lowest BCUT2D eigenvalue weighted by molar-refractivity contribution is 0.226. The summed E-state index contributed by atoms with van der Waals surface area (Å²) in [6, 6.07) is 0. The number of piperidine rings is 1. The van der Waals surface area contributed by atoms with Crippen LogP contribution in [0.2, 0.25) is 0 Å². The molecule has 0 bridgehead atoms. The maximum Gasteiger partial charge on any atom is 0.233 e. The molecule has 2 N–H and O–H groups in total. The van der Waals surface area contributed by atoms with E-state index in [2.05, 4.69) is 42.2 Å². The molecule has 0 saturated carbocycles. The fraction of sp³-hybridized carbons (Fsp3) is 0.368. The Bertz CT molecular complexity index is 1070. The molecule has 8 nitrogen and oxygen atoms in total. The van der Waals surface area contributed by atoms with Crippen LogP contribution in [0.15, 0.2) is 37.2 Å². The van der Waals surface area contributed by atoms with Gasteiger partial charge in [-0.15, -0.1) is 0 Å². The van der Waals surface area contributed by atoms with E-state index < -0.39 is 0 Å². The lowest BCUT2D eigenvalue weighted by Crippen LogP contribution is -2.33. The number of fused-ring (bicyclic) bond motifs is 2. The summed E-state index contributed by atoms with van der Waals surface area (Å²) in [7, 11) is 2.18. The third-order valence-electron chi connectivity index (χ3n) is 5.38. The third kappa shape index (κ3) is 3.12. The molecule has 0 aliphatic carbocycles. The van der Waals surface area contributed by atoms with E-state index in [-0.39, 0.29) is 0 Å². The zero-order valence-corrected chi connectivity index (χ0v) is 15.3. The summed E-state index contributed by atoms with van der Waals surface area (Å²) in [4.78, 5) is 23.4. The summed E-state index contributed by atoms with van der Waals surface area (Å²) < 4.78 is 1.91. The first kappa shape index (κ1) is 16.2. The Labute approximate surface area is 156 Å². The standard InChI is InChI=1S/C19H22N8/c1-26-5-2-13(3-6-26)8-22-18-23-11-16-15(10-21-17(16)25-18)14-9-24-19-20-4-7-27(19)12-14/h4,7,9-13H,2-3,5-6,8H2,1H3,(H2,21,22,23,25). The molecular formula is C19H22N8. The van der Waals surface area contributed by atoms with Crippen LogP contribution in [0.4, 0.5) is 5.95 Å². The Morgan fingerprint density at radius 2 is 2.07 bits per heavy atom. The van der Waals surface area contributed by atoms with E-state index >= 15 is 0 Å². The second-order valence-corrected chi connectivity index (χ2v) is 7.26. The Morgan fingerprint density at radius 3 is 2.96 bits per heavy atom. The molecule has 0 atom stereocenters. The summed E-state index contributed by atoms with van der Waals surface area (Å²) >= 11 is 0. The highest BCUT2D eigenvalue weighted by Gasteiger charge is 2.17. The lowest BCUT2D eigenvalue weighted by atomic mass is 9.97. The molecule has 4 aromatic heterocycles. The van der Waals surface area contributed by atoms with Crippen LogP contribution in [0, 0.1) is 5.92 Å². The molecule has 27 heavy (non-hydrogen) atoms. The summed E-state index contributed by atoms with van der Waals surface area (Å²) in [5.41, 5.74) is 2.87. The Kier molecular flexibility index (Phi) is 3.97. The number of aromatic nitrogens is 6. The van der Waals surface area contributed by atoms with E-state index in [4.69, 9.17) is 0 Å². The smallest absolute Gasteiger partial charge is 0.233 e. The van der Waals surface area contributed by atoms with Gasteiger partial charge in [-0.1, -0.05) is 0 Å². The minimum Gasteiger partial charge on any atom is -0.354 e. The second kappa shape index (κ2) is 6.62. The third-order valence-corrected chi connectivity index (χ3v) is 5.38. The zero-order valence-electron chi connectivity index (χ0n) is 15.3. The normalized spacial score (nSPS) is 16.3. The summed E-state index contributed by atoms with van der Waals surface area (Å²) in [6.07, 6.45) is 13.8. The van der Waals surface area contributed by atoms with Gasteiger partial charge in [0.25, 0.3) is 0 Å². The molecule has 0 amide bonds. The van der Waals surface area contributed by atoms with E-state index in [1.807, 2.05) is 35.4 Å². The average molecular weight is 362 g/mol. The molecule has 4 aromatic rings. The number of nitrogens with one attached hydrogen (secondary N) is 2. The number of imidazole rings is 1. The first-order valence-electron chi connectivity index (χ1n) is 9.32. The van der Waals surface area contributed by atoms with Crippen molar-refractivity contribution < 1.29 is 0 Å². The van der Waals surface area contributed by atoms with Gasteiger partial charge in [0.2, 0.25) is 11.7 Å². The van der Waals surface area contributed by atoms with Gasteiger partial charge in [-0.2, -0.15) is 4.98 Å². The van der Waals surface area contributed by atoms with Gasteiger partial charge < -0.3 is 15.2 Å². The molecule has 138 valence electrons. The number of likely N-dealkylation sites (tertiary alicyclic amines) is 1. The quantitative estimate of drug-likeness (QED) is 0.580. The van der Waals surface area contributed by atoms with Gasteiger partial charge in [-0.05, 0) is 38.9 Å². The van der Waals surface area contributed by atoms with Crippen LogP contribution < -0.4 is 5.32 Å². The van der Waals surface area contributed by atoms with Gasteiger partial charge >= 0.3 is 0 Å². The number of rotatable bonds is 4. The van der Waals surface area contributed by atoms with Gasteiger partial charge in [0, 0.05) is 60.2 Å². The fourth-order valence-corrected chi connectivity index (χ4v) is 3.69. The summed E-state index contributed by atoms with van der Waals surface area (Å²) in [6.45, 7) is 3.26. The topological polar surface area (TPSA) is 87.0 Å². The second-order valence-electron chi connectivity index (χ2n) is 7.26. The predicted molar refractivity (Wildman–Crippen MR) is 105 cm³/mol. The lowest BCUT2D eigenvalue weighted by Gasteiger charge is -2.28. The molecule has 1 fully saturated rings. The van der Waals surface area contributed by atoms with Crippen molar-refractivity contribution in [1.29, 1.82) is 0 Å². The molecule has 8 heteroatoms. The van der Waals surface area contributed by atoms with Crippen molar-refractivity contribution in [2.45, 2.75) is 12.8 Å². The van der Waals surface area contributed by atoms with Crippen LogP contribution in [-0.4, -0.2) is 60.9 Å². The van der Waals surface area contributed by atoms with Crippen LogP contribution in [0.5, 0.6) is 0 Å². The van der Waals surface area contributed by atoms with Crippen molar-refractivity contribution in [3.8, 4) is 11.1 Å². The van der Waals surface area contributed by atoms with Crippen molar-refractivity contribution in [3.05, 3.63) is 37.2 Å². The Morgan fingerprint density at radius 1 is 1.19 bits per heavy atom. The Hall–Kier alpha value is -3.00. The molecule has 1 aliphatic heterocycles. The first-order chi connectivity index (χ1) is 13.3. The number of aromatic amines is 1. The maximum absolute atomic E-state index is 4.65. The molecule has 1 saturated heterocycles. The number of H-pyrrole nitrogens is 1. The van der Waals surface area contributed by atoms with E-state index in [0.717, 1.165) is 28.7 Å². The highest BCUT2D eigenvalue weighted by molar-refractivity contribution is 5.93. The number of nitrogens with zero attached hydrogens (tertiary/aromatic N) is 6. The van der Waals surface area contributed by atoms with Crippen molar-refractivity contribution >= 4 is 22.8 Å². The van der Waals surface area contributed by atoms with Crippen LogP contribution in [0.3, 0.4) is 0 Å². The molecule has 0 spiro atoms. The molecule has 0 aromatic carbocycles. The van der Waals surface area contributed by atoms with Gasteiger partial charge in [-0.25, -0.2) is 15.0 Å². The predicted octanol–water partition coefficient (Wildman–Crippen LogP) is 2.42. The molecule has 1 aliphatic rings. The number of hydrogen-bond donors (Lipinski definition) is 2. The minimum atomic E-state index is 0.679. The van der Waals surface area contributed by atoms with E-state index in [0.29, 0.717) is 17.6 Å². The average Bonchev–Trinajstić information content (AvgIpc) is 3.33. The first-order valence-corrected chi connectivity index (χ1v) is 9.32. The summed E-state index contributed by atoms with van der Waals surface area (Å²) in [5.74, 6) is 2.06. The van der Waals surface area contributed by atoms with Gasteiger partial charge in [0.15, 0.2) is 0 Å². The van der Waals surface area contributed by atoms with Crippen molar-refractivity contribution in [2.75, 3.05) is 32.0 Å². The molecule has 0 unspecified atom stereocenters.